The van der Waals surface area contributed by atoms with Gasteiger partial charge in [0.15, 0.2) is 5.78 Å². The van der Waals surface area contributed by atoms with Crippen LogP contribution in [0.4, 0.5) is 5.69 Å². The van der Waals surface area contributed by atoms with Crippen LogP contribution in [0.3, 0.4) is 0 Å². The van der Waals surface area contributed by atoms with E-state index in [1.54, 1.807) is 29.8 Å². The highest BCUT2D eigenvalue weighted by molar-refractivity contribution is 8.00. The Morgan fingerprint density at radius 3 is 2.70 bits per heavy atom. The number of thioether (sulfide) groups is 2. The van der Waals surface area contributed by atoms with Crippen molar-refractivity contribution in [3.8, 4) is 0 Å². The van der Waals surface area contributed by atoms with Crippen molar-refractivity contribution in [1.29, 1.82) is 0 Å². The SMILES string of the molecule is CSc1ccc(C(=O)CSc2ncnc3sc(C)c(C)c23)cc1NC(C)=O. The second kappa shape index (κ2) is 8.41. The Bertz CT molecular complexity index is 1030. The lowest BCUT2D eigenvalue weighted by Crippen LogP contribution is -2.09. The molecule has 0 aliphatic carbocycles. The highest BCUT2D eigenvalue weighted by atomic mass is 32.2. The first-order chi connectivity index (χ1) is 12.9. The number of rotatable bonds is 6. The zero-order valence-corrected chi connectivity index (χ0v) is 17.9. The van der Waals surface area contributed by atoms with E-state index in [9.17, 15) is 9.59 Å². The maximum Gasteiger partial charge on any atom is 0.221 e. The number of aromatic nitrogens is 2. The normalized spacial score (nSPS) is 11.0. The third-order valence-electron chi connectivity index (χ3n) is 4.10. The predicted molar refractivity (Wildman–Crippen MR) is 114 cm³/mol. The van der Waals surface area contributed by atoms with Crippen LogP contribution in [0.15, 0.2) is 34.4 Å². The van der Waals surface area contributed by atoms with Crippen LogP contribution in [-0.2, 0) is 4.79 Å². The van der Waals surface area contributed by atoms with E-state index in [-0.39, 0.29) is 17.4 Å². The summed E-state index contributed by atoms with van der Waals surface area (Å²) in [5.74, 6) is 0.116. The average molecular weight is 418 g/mol. The lowest BCUT2D eigenvalue weighted by molar-refractivity contribution is -0.114. The highest BCUT2D eigenvalue weighted by Gasteiger charge is 2.15. The molecule has 0 spiro atoms. The number of ketones is 1. The summed E-state index contributed by atoms with van der Waals surface area (Å²) in [5.41, 5.74) is 2.41. The first-order valence-corrected chi connectivity index (χ1v) is 11.3. The van der Waals surface area contributed by atoms with E-state index in [0.717, 1.165) is 20.1 Å². The molecule has 8 heteroatoms. The number of nitrogens with zero attached hydrogens (tertiary/aromatic N) is 2. The van der Waals surface area contributed by atoms with Crippen molar-refractivity contribution in [3.05, 3.63) is 40.5 Å². The molecule has 140 valence electrons. The molecule has 0 aliphatic heterocycles. The molecule has 1 amide bonds. The minimum Gasteiger partial charge on any atom is -0.325 e. The summed E-state index contributed by atoms with van der Waals surface area (Å²) in [6, 6.07) is 5.41. The van der Waals surface area contributed by atoms with Gasteiger partial charge in [0.25, 0.3) is 0 Å². The summed E-state index contributed by atoms with van der Waals surface area (Å²) >= 11 is 4.59. The molecule has 0 saturated heterocycles. The van der Waals surface area contributed by atoms with E-state index in [0.29, 0.717) is 11.3 Å². The first kappa shape index (κ1) is 19.9. The molecule has 0 bridgehead atoms. The molecule has 0 fully saturated rings. The van der Waals surface area contributed by atoms with Crippen LogP contribution < -0.4 is 5.32 Å². The molecule has 3 rings (SSSR count). The van der Waals surface area contributed by atoms with Crippen molar-refractivity contribution in [1.82, 2.24) is 9.97 Å². The smallest absolute Gasteiger partial charge is 0.221 e. The van der Waals surface area contributed by atoms with Gasteiger partial charge < -0.3 is 5.32 Å². The minimum atomic E-state index is -0.157. The zero-order chi connectivity index (χ0) is 19.6. The van der Waals surface area contributed by atoms with Gasteiger partial charge in [0, 0.05) is 27.6 Å². The molecule has 2 aromatic heterocycles. The van der Waals surface area contributed by atoms with E-state index in [4.69, 9.17) is 0 Å². The Morgan fingerprint density at radius 2 is 2.00 bits per heavy atom. The summed E-state index contributed by atoms with van der Waals surface area (Å²) in [6.07, 6.45) is 3.48. The maximum absolute atomic E-state index is 12.7. The van der Waals surface area contributed by atoms with Crippen LogP contribution in [0.5, 0.6) is 0 Å². The van der Waals surface area contributed by atoms with Gasteiger partial charge in [0.2, 0.25) is 5.91 Å². The van der Waals surface area contributed by atoms with Gasteiger partial charge in [-0.3, -0.25) is 9.59 Å². The van der Waals surface area contributed by atoms with Crippen molar-refractivity contribution < 1.29 is 9.59 Å². The minimum absolute atomic E-state index is 0.00405. The van der Waals surface area contributed by atoms with Crippen molar-refractivity contribution in [2.75, 3.05) is 17.3 Å². The number of fused-ring (bicyclic) bond motifs is 1. The molecule has 0 unspecified atom stereocenters. The van der Waals surface area contributed by atoms with Crippen molar-refractivity contribution >= 4 is 62.5 Å². The summed E-state index contributed by atoms with van der Waals surface area (Å²) in [6.45, 7) is 5.59. The Balaban J connectivity index is 1.81. The molecule has 0 saturated carbocycles. The van der Waals surface area contributed by atoms with E-state index < -0.39 is 0 Å². The number of anilines is 1. The van der Waals surface area contributed by atoms with Crippen molar-refractivity contribution in [2.24, 2.45) is 0 Å². The molecular weight excluding hydrogens is 398 g/mol. The number of carbonyl (C=O) groups is 2. The fourth-order valence-corrected chi connectivity index (χ4v) is 5.19. The molecule has 1 aromatic carbocycles. The molecule has 2 heterocycles. The standard InChI is InChI=1S/C19H19N3O2S3/c1-10-11(2)27-19-17(10)18(20-9-21-19)26-8-15(24)13-5-6-16(25-4)14(7-13)22-12(3)23/h5-7,9H,8H2,1-4H3,(H,22,23). The molecule has 0 aliphatic rings. The van der Waals surface area contributed by atoms with Gasteiger partial charge >= 0.3 is 0 Å². The third kappa shape index (κ3) is 4.34. The monoisotopic (exact) mass is 417 g/mol. The van der Waals surface area contributed by atoms with Crippen LogP contribution in [0, 0.1) is 13.8 Å². The quantitative estimate of drug-likeness (QED) is 0.347. The first-order valence-electron chi connectivity index (χ1n) is 8.23. The van der Waals surface area contributed by atoms with E-state index in [1.807, 2.05) is 12.3 Å². The number of aryl methyl sites for hydroxylation is 2. The molecule has 0 atom stereocenters. The number of benzene rings is 1. The zero-order valence-electron chi connectivity index (χ0n) is 15.5. The number of nitrogens with one attached hydrogen (secondary N) is 1. The largest absolute Gasteiger partial charge is 0.325 e. The van der Waals surface area contributed by atoms with Crippen LogP contribution >= 0.6 is 34.9 Å². The van der Waals surface area contributed by atoms with E-state index in [1.165, 1.54) is 40.9 Å². The highest BCUT2D eigenvalue weighted by Crippen LogP contribution is 2.35. The summed E-state index contributed by atoms with van der Waals surface area (Å²) < 4.78 is 0. The Kier molecular flexibility index (Phi) is 6.18. The number of thiophene rings is 1. The van der Waals surface area contributed by atoms with E-state index in [2.05, 4.69) is 29.1 Å². The summed E-state index contributed by atoms with van der Waals surface area (Å²) in [4.78, 5) is 35.9. The van der Waals surface area contributed by atoms with Crippen LogP contribution in [0.2, 0.25) is 0 Å². The molecule has 3 aromatic rings. The second-order valence-electron chi connectivity index (χ2n) is 5.95. The van der Waals surface area contributed by atoms with E-state index >= 15 is 0 Å². The number of amides is 1. The van der Waals surface area contributed by atoms with Crippen LogP contribution in [0.1, 0.15) is 27.7 Å². The maximum atomic E-state index is 12.7. The van der Waals surface area contributed by atoms with Crippen LogP contribution in [0.25, 0.3) is 10.2 Å². The average Bonchev–Trinajstić information content (AvgIpc) is 2.94. The van der Waals surface area contributed by atoms with Gasteiger partial charge in [-0.15, -0.1) is 23.1 Å². The fraction of sp³-hybridized carbons (Fsp3) is 0.263. The molecular formula is C19H19N3O2S3. The van der Waals surface area contributed by atoms with Gasteiger partial charge in [-0.1, -0.05) is 17.8 Å². The Morgan fingerprint density at radius 1 is 1.22 bits per heavy atom. The van der Waals surface area contributed by atoms with Gasteiger partial charge in [-0.2, -0.15) is 0 Å². The van der Waals surface area contributed by atoms with Crippen molar-refractivity contribution in [2.45, 2.75) is 30.7 Å². The Hall–Kier alpha value is -1.90. The lowest BCUT2D eigenvalue weighted by atomic mass is 10.1. The topological polar surface area (TPSA) is 72.0 Å². The van der Waals surface area contributed by atoms with Gasteiger partial charge in [0.1, 0.15) is 16.2 Å². The summed E-state index contributed by atoms with van der Waals surface area (Å²) in [7, 11) is 0. The molecule has 5 nitrogen and oxygen atoms in total. The van der Waals surface area contributed by atoms with Gasteiger partial charge in [0.05, 0.1) is 11.4 Å². The number of Topliss-reactive ketones (excluding diaryl/α,β-unsaturated/α-hetero) is 1. The number of hydrogen-bond acceptors (Lipinski definition) is 7. The molecule has 1 N–H and O–H groups in total. The number of carbonyl (C=O) groups excluding carboxylic acids is 2. The van der Waals surface area contributed by atoms with Crippen LogP contribution in [-0.4, -0.2) is 33.7 Å². The second-order valence-corrected chi connectivity index (χ2v) is 8.97. The lowest BCUT2D eigenvalue weighted by Gasteiger charge is -2.10. The molecule has 27 heavy (non-hydrogen) atoms. The third-order valence-corrected chi connectivity index (χ3v) is 7.00. The Labute approximate surface area is 170 Å². The fourth-order valence-electron chi connectivity index (χ4n) is 2.65. The summed E-state index contributed by atoms with van der Waals surface area (Å²) in [5, 5.41) is 4.66. The molecule has 0 radical (unpaired) electrons. The van der Waals surface area contributed by atoms with Gasteiger partial charge in [-0.25, -0.2) is 9.97 Å². The van der Waals surface area contributed by atoms with Gasteiger partial charge in [-0.05, 0) is 37.8 Å². The number of hydrogen-bond donors (Lipinski definition) is 1. The van der Waals surface area contributed by atoms with Crippen molar-refractivity contribution in [3.63, 3.8) is 0 Å². The predicted octanol–water partition coefficient (Wildman–Crippen LogP) is 4.96.